The van der Waals surface area contributed by atoms with Gasteiger partial charge in [-0.2, -0.15) is 0 Å². The SMILES string of the molecule is C[C@H](O)C[C@@H](O)N(C(=S)N([C@H](O)C[C@@H](C)O)[C@@H](O)C[C@H](C)O)[C@H](O)C[C@H](C)O. The third-order valence-electron chi connectivity index (χ3n) is 3.93. The zero-order valence-corrected chi connectivity index (χ0v) is 17.6. The molecule has 0 amide bonds. The van der Waals surface area contributed by atoms with Gasteiger partial charge in [0.05, 0.1) is 24.4 Å². The molecule has 28 heavy (non-hydrogen) atoms. The van der Waals surface area contributed by atoms with E-state index in [2.05, 4.69) is 0 Å². The molecule has 0 aromatic rings. The topological polar surface area (TPSA) is 168 Å². The van der Waals surface area contributed by atoms with Gasteiger partial charge in [0.2, 0.25) is 0 Å². The number of aliphatic hydroxyl groups is 8. The molecular weight excluding hydrogens is 392 g/mol. The van der Waals surface area contributed by atoms with Gasteiger partial charge in [0.15, 0.2) is 5.11 Å². The first-order chi connectivity index (χ1) is 12.8. The van der Waals surface area contributed by atoms with E-state index >= 15 is 0 Å². The van der Waals surface area contributed by atoms with Gasteiger partial charge in [0, 0.05) is 25.7 Å². The molecule has 0 aromatic heterocycles. The van der Waals surface area contributed by atoms with Gasteiger partial charge in [-0.1, -0.05) is 0 Å². The summed E-state index contributed by atoms with van der Waals surface area (Å²) in [5, 5.41) is 79.8. The van der Waals surface area contributed by atoms with Crippen molar-refractivity contribution in [2.75, 3.05) is 0 Å². The van der Waals surface area contributed by atoms with E-state index in [9.17, 15) is 40.9 Å². The Morgan fingerprint density at radius 3 is 0.857 bits per heavy atom. The van der Waals surface area contributed by atoms with Crippen LogP contribution in [0.1, 0.15) is 53.4 Å². The molecule has 0 unspecified atom stereocenters. The molecule has 8 atom stereocenters. The Bertz CT molecular complexity index is 383. The standard InChI is InChI=1S/C17H36N2O8S/c1-9(20)5-13(24)18(14(25)6-10(2)21)17(28)19(15(26)7-11(3)22)16(27)8-12(4)23/h9-16,20-27H,5-8H2,1-4H3/t9-,10-,11-,12+,13+,14+,15-,16+/m0/s1. The average Bonchev–Trinajstić information content (AvgIpc) is 2.43. The van der Waals surface area contributed by atoms with Gasteiger partial charge in [0.1, 0.15) is 24.9 Å². The van der Waals surface area contributed by atoms with E-state index in [1.54, 1.807) is 0 Å². The summed E-state index contributed by atoms with van der Waals surface area (Å²) >= 11 is 5.30. The molecule has 0 aliphatic heterocycles. The van der Waals surface area contributed by atoms with Crippen LogP contribution in [0.25, 0.3) is 0 Å². The van der Waals surface area contributed by atoms with Crippen LogP contribution in [-0.4, -0.2) is 105 Å². The first-order valence-corrected chi connectivity index (χ1v) is 9.73. The third kappa shape index (κ3) is 9.72. The predicted octanol–water partition coefficient (Wildman–Crippen LogP) is -1.77. The van der Waals surface area contributed by atoms with E-state index in [4.69, 9.17) is 12.2 Å². The second kappa shape index (κ2) is 12.8. The molecule has 0 saturated carbocycles. The van der Waals surface area contributed by atoms with Gasteiger partial charge in [-0.3, -0.25) is 9.80 Å². The second-order valence-electron chi connectivity index (χ2n) is 7.36. The molecule has 0 fully saturated rings. The molecule has 0 aromatic carbocycles. The summed E-state index contributed by atoms with van der Waals surface area (Å²) in [5.74, 6) is 0. The highest BCUT2D eigenvalue weighted by Gasteiger charge is 2.36. The van der Waals surface area contributed by atoms with Crippen molar-refractivity contribution in [2.24, 2.45) is 0 Å². The lowest BCUT2D eigenvalue weighted by atomic mass is 10.1. The summed E-state index contributed by atoms with van der Waals surface area (Å²) < 4.78 is 0. The Hall–Kier alpha value is -0.630. The fourth-order valence-electron chi connectivity index (χ4n) is 2.72. The summed E-state index contributed by atoms with van der Waals surface area (Å²) in [6, 6.07) is 0. The zero-order chi connectivity index (χ0) is 22.2. The van der Waals surface area contributed by atoms with E-state index in [0.717, 1.165) is 9.80 Å². The molecular formula is C17H36N2O8S. The summed E-state index contributed by atoms with van der Waals surface area (Å²) in [4.78, 5) is 1.79. The van der Waals surface area contributed by atoms with Gasteiger partial charge in [0.25, 0.3) is 0 Å². The highest BCUT2D eigenvalue weighted by atomic mass is 32.1. The van der Waals surface area contributed by atoms with Crippen LogP contribution in [0.5, 0.6) is 0 Å². The van der Waals surface area contributed by atoms with Crippen molar-refractivity contribution in [1.29, 1.82) is 0 Å². The van der Waals surface area contributed by atoms with Crippen LogP contribution >= 0.6 is 12.2 Å². The average molecular weight is 429 g/mol. The van der Waals surface area contributed by atoms with Crippen molar-refractivity contribution in [1.82, 2.24) is 9.80 Å². The fourth-order valence-corrected chi connectivity index (χ4v) is 3.20. The van der Waals surface area contributed by atoms with Crippen LogP contribution < -0.4 is 0 Å². The van der Waals surface area contributed by atoms with E-state index in [0.29, 0.717) is 0 Å². The maximum atomic E-state index is 10.5. The van der Waals surface area contributed by atoms with Gasteiger partial charge >= 0.3 is 0 Å². The van der Waals surface area contributed by atoms with Crippen molar-refractivity contribution >= 4 is 17.3 Å². The van der Waals surface area contributed by atoms with Crippen molar-refractivity contribution in [3.8, 4) is 0 Å². The van der Waals surface area contributed by atoms with Gasteiger partial charge in [-0.05, 0) is 39.9 Å². The third-order valence-corrected chi connectivity index (χ3v) is 4.36. The number of nitrogens with zero attached hydrogens (tertiary/aromatic N) is 2. The van der Waals surface area contributed by atoms with Crippen LogP contribution in [0.3, 0.4) is 0 Å². The maximum absolute atomic E-state index is 10.5. The first kappa shape index (κ1) is 27.4. The Labute approximate surface area is 171 Å². The van der Waals surface area contributed by atoms with E-state index in [1.165, 1.54) is 27.7 Å². The lowest BCUT2D eigenvalue weighted by molar-refractivity contribution is -0.120. The van der Waals surface area contributed by atoms with Gasteiger partial charge < -0.3 is 40.9 Å². The molecule has 0 rings (SSSR count). The monoisotopic (exact) mass is 428 g/mol. The molecule has 8 N–H and O–H groups in total. The molecule has 0 radical (unpaired) electrons. The minimum Gasteiger partial charge on any atom is -0.393 e. The summed E-state index contributed by atoms with van der Waals surface area (Å²) in [6.07, 6.45) is -10.5. The first-order valence-electron chi connectivity index (χ1n) is 9.33. The normalized spacial score (nSPS) is 20.4. The minimum atomic E-state index is -1.48. The number of aliphatic hydroxyl groups excluding tert-OH is 8. The Morgan fingerprint density at radius 2 is 0.714 bits per heavy atom. The molecule has 0 bridgehead atoms. The molecule has 11 heteroatoms. The summed E-state index contributed by atoms with van der Waals surface area (Å²) in [7, 11) is 0. The molecule has 0 saturated heterocycles. The lowest BCUT2D eigenvalue weighted by Gasteiger charge is -2.43. The van der Waals surface area contributed by atoms with Crippen molar-refractivity contribution in [3.05, 3.63) is 0 Å². The Morgan fingerprint density at radius 1 is 0.536 bits per heavy atom. The quantitative estimate of drug-likeness (QED) is 0.131. The van der Waals surface area contributed by atoms with Gasteiger partial charge in [-0.15, -0.1) is 0 Å². The summed E-state index contributed by atoms with van der Waals surface area (Å²) in [5.41, 5.74) is 0. The molecule has 0 heterocycles. The number of rotatable bonds is 12. The number of hydrogen-bond acceptors (Lipinski definition) is 9. The predicted molar refractivity (Wildman–Crippen MR) is 105 cm³/mol. The van der Waals surface area contributed by atoms with Crippen molar-refractivity contribution in [3.63, 3.8) is 0 Å². The largest absolute Gasteiger partial charge is 0.393 e. The zero-order valence-electron chi connectivity index (χ0n) is 16.8. The fraction of sp³-hybridized carbons (Fsp3) is 0.941. The van der Waals surface area contributed by atoms with Crippen LogP contribution in [-0.2, 0) is 0 Å². The van der Waals surface area contributed by atoms with E-state index < -0.39 is 49.3 Å². The minimum absolute atomic E-state index is 0.205. The van der Waals surface area contributed by atoms with Crippen molar-refractivity contribution < 1.29 is 40.9 Å². The maximum Gasteiger partial charge on any atom is 0.179 e. The van der Waals surface area contributed by atoms with Gasteiger partial charge in [-0.25, -0.2) is 0 Å². The molecule has 0 spiro atoms. The highest BCUT2D eigenvalue weighted by Crippen LogP contribution is 2.21. The highest BCUT2D eigenvalue weighted by molar-refractivity contribution is 7.80. The van der Waals surface area contributed by atoms with Crippen LogP contribution in [0, 0.1) is 0 Å². The number of hydrogen-bond donors (Lipinski definition) is 8. The molecule has 168 valence electrons. The van der Waals surface area contributed by atoms with Crippen LogP contribution in [0.15, 0.2) is 0 Å². The Balaban J connectivity index is 5.86. The molecule has 10 nitrogen and oxygen atoms in total. The summed E-state index contributed by atoms with van der Waals surface area (Å²) in [6.45, 7) is 5.70. The Kier molecular flexibility index (Phi) is 12.5. The van der Waals surface area contributed by atoms with E-state index in [1.807, 2.05) is 0 Å². The lowest BCUT2D eigenvalue weighted by Crippen LogP contribution is -2.59. The second-order valence-corrected chi connectivity index (χ2v) is 7.72. The van der Waals surface area contributed by atoms with E-state index in [-0.39, 0.29) is 30.8 Å². The van der Waals surface area contributed by atoms with Crippen LogP contribution in [0.2, 0.25) is 0 Å². The molecule has 0 aliphatic carbocycles. The van der Waals surface area contributed by atoms with Crippen molar-refractivity contribution in [2.45, 2.75) is 103 Å². The van der Waals surface area contributed by atoms with Crippen LogP contribution in [0.4, 0.5) is 0 Å². The smallest absolute Gasteiger partial charge is 0.179 e. The number of thiocarbonyl (C=S) groups is 1. The molecule has 0 aliphatic rings.